The summed E-state index contributed by atoms with van der Waals surface area (Å²) < 4.78 is 38.0. The molecule has 0 bridgehead atoms. The third kappa shape index (κ3) is 4.08. The standard InChI is InChI=1S/C20H15F3N2O/c21-20(22,23)16-11-9-15(10-12-16)19(26)25-18(14-6-2-1-3-7-14)17-8-4-5-13-24-17/h1-13,18H,(H,25,26). The van der Waals surface area contributed by atoms with Crippen molar-refractivity contribution in [2.45, 2.75) is 12.2 Å². The Morgan fingerprint density at radius 2 is 1.54 bits per heavy atom. The minimum Gasteiger partial charge on any atom is -0.340 e. The van der Waals surface area contributed by atoms with Crippen molar-refractivity contribution in [3.8, 4) is 0 Å². The minimum absolute atomic E-state index is 0.148. The van der Waals surface area contributed by atoms with Crippen LogP contribution in [0.1, 0.15) is 33.2 Å². The first kappa shape index (κ1) is 17.7. The lowest BCUT2D eigenvalue weighted by atomic mass is 10.0. The van der Waals surface area contributed by atoms with Gasteiger partial charge >= 0.3 is 6.18 Å². The van der Waals surface area contributed by atoms with E-state index in [4.69, 9.17) is 0 Å². The van der Waals surface area contributed by atoms with E-state index in [0.717, 1.165) is 17.7 Å². The van der Waals surface area contributed by atoms with E-state index in [1.807, 2.05) is 36.4 Å². The van der Waals surface area contributed by atoms with E-state index < -0.39 is 23.7 Å². The summed E-state index contributed by atoms with van der Waals surface area (Å²) in [5.41, 5.74) is 0.818. The third-order valence-electron chi connectivity index (χ3n) is 3.87. The minimum atomic E-state index is -4.43. The molecule has 2 aromatic carbocycles. The molecule has 1 unspecified atom stereocenters. The van der Waals surface area contributed by atoms with Gasteiger partial charge in [0.1, 0.15) is 0 Å². The molecule has 132 valence electrons. The van der Waals surface area contributed by atoms with Crippen molar-refractivity contribution in [2.75, 3.05) is 0 Å². The van der Waals surface area contributed by atoms with Crippen molar-refractivity contribution in [2.24, 2.45) is 0 Å². The zero-order valence-electron chi connectivity index (χ0n) is 13.6. The van der Waals surface area contributed by atoms with Crippen molar-refractivity contribution >= 4 is 5.91 Å². The van der Waals surface area contributed by atoms with Crippen LogP contribution in [0, 0.1) is 0 Å². The van der Waals surface area contributed by atoms with Gasteiger partial charge in [-0.3, -0.25) is 9.78 Å². The molecule has 26 heavy (non-hydrogen) atoms. The number of rotatable bonds is 4. The Bertz CT molecular complexity index is 824. The third-order valence-corrected chi connectivity index (χ3v) is 3.87. The number of carbonyl (C=O) groups is 1. The van der Waals surface area contributed by atoms with Crippen molar-refractivity contribution < 1.29 is 18.0 Å². The number of nitrogens with zero attached hydrogens (tertiary/aromatic N) is 1. The SMILES string of the molecule is O=C(NC(c1ccccc1)c1ccccn1)c1ccc(C(F)(F)F)cc1. The van der Waals surface area contributed by atoms with Gasteiger partial charge in [0.2, 0.25) is 0 Å². The van der Waals surface area contributed by atoms with Gasteiger partial charge in [-0.05, 0) is 42.0 Å². The summed E-state index contributed by atoms with van der Waals surface area (Å²) in [6.45, 7) is 0. The van der Waals surface area contributed by atoms with Gasteiger partial charge < -0.3 is 5.32 Å². The number of carbonyl (C=O) groups excluding carboxylic acids is 1. The van der Waals surface area contributed by atoms with Gasteiger partial charge in [0.15, 0.2) is 0 Å². The maximum Gasteiger partial charge on any atom is 0.416 e. The highest BCUT2D eigenvalue weighted by Crippen LogP contribution is 2.29. The van der Waals surface area contributed by atoms with E-state index in [-0.39, 0.29) is 5.56 Å². The molecule has 6 heteroatoms. The fraction of sp³-hybridized carbons (Fsp3) is 0.100. The number of nitrogens with one attached hydrogen (secondary N) is 1. The first-order valence-electron chi connectivity index (χ1n) is 7.89. The summed E-state index contributed by atoms with van der Waals surface area (Å²) >= 11 is 0. The summed E-state index contributed by atoms with van der Waals surface area (Å²) in [6, 6.07) is 18.2. The fourth-order valence-electron chi connectivity index (χ4n) is 2.55. The first-order valence-corrected chi connectivity index (χ1v) is 7.89. The van der Waals surface area contributed by atoms with Gasteiger partial charge in [-0.1, -0.05) is 36.4 Å². The van der Waals surface area contributed by atoms with Crippen LogP contribution >= 0.6 is 0 Å². The van der Waals surface area contributed by atoms with E-state index in [1.54, 1.807) is 18.3 Å². The Morgan fingerprint density at radius 1 is 0.885 bits per heavy atom. The molecule has 0 aliphatic carbocycles. The number of hydrogen-bond donors (Lipinski definition) is 1. The molecule has 0 fully saturated rings. The molecular weight excluding hydrogens is 341 g/mol. The smallest absolute Gasteiger partial charge is 0.340 e. The number of halogens is 3. The topological polar surface area (TPSA) is 42.0 Å². The predicted octanol–water partition coefficient (Wildman–Crippen LogP) is 4.62. The largest absolute Gasteiger partial charge is 0.416 e. The van der Waals surface area contributed by atoms with Crippen molar-refractivity contribution in [3.05, 3.63) is 101 Å². The molecule has 1 N–H and O–H groups in total. The van der Waals surface area contributed by atoms with Crippen LogP contribution in [0.4, 0.5) is 13.2 Å². The van der Waals surface area contributed by atoms with Crippen LogP contribution in [0.25, 0.3) is 0 Å². The van der Waals surface area contributed by atoms with E-state index >= 15 is 0 Å². The molecule has 0 spiro atoms. The van der Waals surface area contributed by atoms with Crippen molar-refractivity contribution in [3.63, 3.8) is 0 Å². The molecule has 1 amide bonds. The van der Waals surface area contributed by atoms with Gasteiger partial charge in [-0.25, -0.2) is 0 Å². The molecular formula is C20H15F3N2O. The average molecular weight is 356 g/mol. The zero-order valence-corrected chi connectivity index (χ0v) is 13.6. The van der Waals surface area contributed by atoms with Gasteiger partial charge in [0, 0.05) is 11.8 Å². The number of benzene rings is 2. The molecule has 1 heterocycles. The monoisotopic (exact) mass is 356 g/mol. The Morgan fingerprint density at radius 3 is 2.12 bits per heavy atom. The summed E-state index contributed by atoms with van der Waals surface area (Å²) in [4.78, 5) is 16.8. The molecule has 3 nitrogen and oxygen atoms in total. The highest BCUT2D eigenvalue weighted by Gasteiger charge is 2.30. The second kappa shape index (κ2) is 7.39. The zero-order chi connectivity index (χ0) is 18.6. The lowest BCUT2D eigenvalue weighted by Crippen LogP contribution is -2.30. The molecule has 3 aromatic rings. The molecule has 0 saturated heterocycles. The molecule has 0 radical (unpaired) electrons. The average Bonchev–Trinajstić information content (AvgIpc) is 2.67. The lowest BCUT2D eigenvalue weighted by Gasteiger charge is -2.19. The van der Waals surface area contributed by atoms with E-state index in [9.17, 15) is 18.0 Å². The normalized spacial score (nSPS) is 12.4. The number of pyridine rings is 1. The van der Waals surface area contributed by atoms with Gasteiger partial charge in [0.25, 0.3) is 5.91 Å². The summed E-state index contributed by atoms with van der Waals surface area (Å²) in [7, 11) is 0. The molecule has 0 aliphatic heterocycles. The molecule has 0 saturated carbocycles. The molecule has 1 aromatic heterocycles. The van der Waals surface area contributed by atoms with Gasteiger partial charge in [-0.2, -0.15) is 13.2 Å². The lowest BCUT2D eigenvalue weighted by molar-refractivity contribution is -0.137. The maximum atomic E-state index is 12.7. The quantitative estimate of drug-likeness (QED) is 0.741. The number of hydrogen-bond acceptors (Lipinski definition) is 2. The highest BCUT2D eigenvalue weighted by atomic mass is 19.4. The van der Waals surface area contributed by atoms with Crippen LogP contribution in [0.5, 0.6) is 0 Å². The van der Waals surface area contributed by atoms with Gasteiger partial charge in [-0.15, -0.1) is 0 Å². The van der Waals surface area contributed by atoms with Crippen LogP contribution in [0.3, 0.4) is 0 Å². The second-order valence-corrected chi connectivity index (χ2v) is 5.65. The molecule has 0 aliphatic rings. The highest BCUT2D eigenvalue weighted by molar-refractivity contribution is 5.94. The van der Waals surface area contributed by atoms with Crippen LogP contribution in [0.2, 0.25) is 0 Å². The Labute approximate surface area is 148 Å². The van der Waals surface area contributed by atoms with Crippen molar-refractivity contribution in [1.82, 2.24) is 10.3 Å². The summed E-state index contributed by atoms with van der Waals surface area (Å²) in [6.07, 6.45) is -2.81. The summed E-state index contributed by atoms with van der Waals surface area (Å²) in [5.74, 6) is -0.474. The summed E-state index contributed by atoms with van der Waals surface area (Å²) in [5, 5.41) is 2.84. The number of aromatic nitrogens is 1. The van der Waals surface area contributed by atoms with Crippen LogP contribution in [-0.4, -0.2) is 10.9 Å². The Balaban J connectivity index is 1.86. The predicted molar refractivity (Wildman–Crippen MR) is 91.4 cm³/mol. The Kier molecular flexibility index (Phi) is 5.02. The van der Waals surface area contributed by atoms with Crippen LogP contribution in [-0.2, 0) is 6.18 Å². The van der Waals surface area contributed by atoms with E-state index in [2.05, 4.69) is 10.3 Å². The van der Waals surface area contributed by atoms with Gasteiger partial charge in [0.05, 0.1) is 17.3 Å². The van der Waals surface area contributed by atoms with Crippen LogP contribution < -0.4 is 5.32 Å². The number of amides is 1. The first-order chi connectivity index (χ1) is 12.4. The molecule has 3 rings (SSSR count). The van der Waals surface area contributed by atoms with E-state index in [1.165, 1.54) is 12.1 Å². The van der Waals surface area contributed by atoms with E-state index in [0.29, 0.717) is 5.69 Å². The maximum absolute atomic E-state index is 12.7. The Hall–Kier alpha value is -3.15. The van der Waals surface area contributed by atoms with Crippen molar-refractivity contribution in [1.29, 1.82) is 0 Å². The van der Waals surface area contributed by atoms with Crippen LogP contribution in [0.15, 0.2) is 79.0 Å². The second-order valence-electron chi connectivity index (χ2n) is 5.65. The fourth-order valence-corrected chi connectivity index (χ4v) is 2.55. The molecule has 1 atom stereocenters. The number of alkyl halides is 3.